The Labute approximate surface area is 176 Å². The van der Waals surface area contributed by atoms with Crippen molar-refractivity contribution in [3.63, 3.8) is 0 Å². The minimum Gasteiger partial charge on any atom is -0.493 e. The number of nitrogens with one attached hydrogen (secondary N) is 2. The van der Waals surface area contributed by atoms with Gasteiger partial charge >= 0.3 is 0 Å². The average molecular weight is 462 g/mol. The lowest BCUT2D eigenvalue weighted by atomic mass is 10.2. The molecule has 0 saturated heterocycles. The lowest BCUT2D eigenvalue weighted by Gasteiger charge is -2.15. The molecule has 2 N–H and O–H groups in total. The van der Waals surface area contributed by atoms with E-state index < -0.39 is 0 Å². The maximum absolute atomic E-state index is 5.37. The fourth-order valence-electron chi connectivity index (χ4n) is 2.51. The molecule has 2 aromatic heterocycles. The van der Waals surface area contributed by atoms with Gasteiger partial charge in [0, 0.05) is 30.1 Å². The number of anilines is 4. The molecule has 10 heteroatoms. The largest absolute Gasteiger partial charge is 0.493 e. The maximum Gasteiger partial charge on any atom is 0.229 e. The van der Waals surface area contributed by atoms with Gasteiger partial charge in [0.2, 0.25) is 17.6 Å². The third-order valence-corrected chi connectivity index (χ3v) is 4.45. The first-order valence-corrected chi connectivity index (χ1v) is 9.24. The van der Waals surface area contributed by atoms with E-state index in [2.05, 4.69) is 41.5 Å². The second-order valence-corrected chi connectivity index (χ2v) is 6.50. The summed E-state index contributed by atoms with van der Waals surface area (Å²) in [6.07, 6.45) is 3.30. The van der Waals surface area contributed by atoms with Crippen LogP contribution in [0.3, 0.4) is 0 Å². The molecule has 2 heterocycles. The fraction of sp³-hybridized carbons (Fsp3) is 0.211. The zero-order chi connectivity index (χ0) is 20.8. The van der Waals surface area contributed by atoms with Gasteiger partial charge in [0.25, 0.3) is 0 Å². The second kappa shape index (κ2) is 9.28. The summed E-state index contributed by atoms with van der Waals surface area (Å²) in [5.74, 6) is 3.03. The number of ether oxygens (including phenoxy) is 4. The van der Waals surface area contributed by atoms with Crippen molar-refractivity contribution in [1.29, 1.82) is 0 Å². The fourth-order valence-corrected chi connectivity index (χ4v) is 2.80. The summed E-state index contributed by atoms with van der Waals surface area (Å²) in [7, 11) is 6.24. The summed E-state index contributed by atoms with van der Waals surface area (Å²) < 4.78 is 21.9. The Hall–Kier alpha value is -3.27. The molecule has 0 spiro atoms. The highest BCUT2D eigenvalue weighted by molar-refractivity contribution is 9.10. The van der Waals surface area contributed by atoms with Gasteiger partial charge in [0.1, 0.15) is 5.82 Å². The lowest BCUT2D eigenvalue weighted by Crippen LogP contribution is -2.03. The number of benzene rings is 1. The van der Waals surface area contributed by atoms with Crippen LogP contribution in [0, 0.1) is 0 Å². The molecular weight excluding hydrogens is 442 g/mol. The summed E-state index contributed by atoms with van der Waals surface area (Å²) >= 11 is 3.45. The lowest BCUT2D eigenvalue weighted by molar-refractivity contribution is 0.324. The molecule has 1 aromatic carbocycles. The summed E-state index contributed by atoms with van der Waals surface area (Å²) in [5.41, 5.74) is 1.43. The molecule has 0 fully saturated rings. The Morgan fingerprint density at radius 1 is 0.793 bits per heavy atom. The van der Waals surface area contributed by atoms with E-state index in [1.807, 2.05) is 6.07 Å². The van der Waals surface area contributed by atoms with Crippen LogP contribution in [0.2, 0.25) is 0 Å². The van der Waals surface area contributed by atoms with Crippen molar-refractivity contribution in [2.45, 2.75) is 0 Å². The van der Waals surface area contributed by atoms with Gasteiger partial charge in [-0.3, -0.25) is 0 Å². The van der Waals surface area contributed by atoms with Crippen LogP contribution < -0.4 is 29.6 Å². The Bertz CT molecular complexity index is 960. The van der Waals surface area contributed by atoms with Crippen molar-refractivity contribution >= 4 is 39.1 Å². The minimum absolute atomic E-state index is 0.381. The minimum atomic E-state index is 0.381. The van der Waals surface area contributed by atoms with E-state index >= 15 is 0 Å². The number of halogens is 1. The molecule has 0 radical (unpaired) electrons. The van der Waals surface area contributed by atoms with E-state index in [1.54, 1.807) is 59.0 Å². The molecule has 0 aliphatic carbocycles. The van der Waals surface area contributed by atoms with E-state index in [-0.39, 0.29) is 0 Å². The molecule has 3 aromatic rings. The number of rotatable bonds is 8. The van der Waals surface area contributed by atoms with Crippen molar-refractivity contribution in [2.24, 2.45) is 0 Å². The number of nitrogens with zero attached hydrogens (tertiary/aromatic N) is 3. The van der Waals surface area contributed by atoms with E-state index in [1.165, 1.54) is 0 Å². The van der Waals surface area contributed by atoms with Crippen LogP contribution in [-0.4, -0.2) is 43.4 Å². The van der Waals surface area contributed by atoms with E-state index in [9.17, 15) is 0 Å². The molecule has 0 unspecified atom stereocenters. The molecule has 29 heavy (non-hydrogen) atoms. The number of aromatic nitrogens is 3. The quantitative estimate of drug-likeness (QED) is 0.511. The number of hydrogen-bond acceptors (Lipinski definition) is 9. The van der Waals surface area contributed by atoms with Crippen LogP contribution >= 0.6 is 15.9 Å². The Kier molecular flexibility index (Phi) is 6.55. The van der Waals surface area contributed by atoms with Crippen molar-refractivity contribution in [1.82, 2.24) is 15.0 Å². The number of methoxy groups -OCH3 is 4. The van der Waals surface area contributed by atoms with E-state index in [0.29, 0.717) is 45.1 Å². The van der Waals surface area contributed by atoms with Gasteiger partial charge in [-0.15, -0.1) is 0 Å². The Morgan fingerprint density at radius 2 is 1.52 bits per heavy atom. The third kappa shape index (κ3) is 4.77. The van der Waals surface area contributed by atoms with Crippen molar-refractivity contribution < 1.29 is 18.9 Å². The SMILES string of the molecule is COc1ccc(Nc2nc(Nc3cc(OC)c(OC)c(OC)c3)ncc2Br)cn1. The van der Waals surface area contributed by atoms with Gasteiger partial charge in [-0.05, 0) is 22.0 Å². The second-order valence-electron chi connectivity index (χ2n) is 5.64. The van der Waals surface area contributed by atoms with Crippen LogP contribution in [0.5, 0.6) is 23.1 Å². The topological polar surface area (TPSA) is 99.7 Å². The highest BCUT2D eigenvalue weighted by Gasteiger charge is 2.14. The smallest absolute Gasteiger partial charge is 0.229 e. The van der Waals surface area contributed by atoms with E-state index in [4.69, 9.17) is 18.9 Å². The maximum atomic E-state index is 5.37. The summed E-state index contributed by atoms with van der Waals surface area (Å²) in [4.78, 5) is 13.0. The molecule has 0 aliphatic rings. The zero-order valence-electron chi connectivity index (χ0n) is 16.3. The van der Waals surface area contributed by atoms with Crippen LogP contribution in [0.15, 0.2) is 41.1 Å². The predicted molar refractivity (Wildman–Crippen MR) is 113 cm³/mol. The molecule has 0 bridgehead atoms. The van der Waals surface area contributed by atoms with Gasteiger partial charge < -0.3 is 29.6 Å². The zero-order valence-corrected chi connectivity index (χ0v) is 17.9. The molecule has 0 aliphatic heterocycles. The van der Waals surface area contributed by atoms with Gasteiger partial charge in [0.05, 0.1) is 44.8 Å². The van der Waals surface area contributed by atoms with Gasteiger partial charge in [-0.1, -0.05) is 0 Å². The molecule has 152 valence electrons. The normalized spacial score (nSPS) is 10.2. The van der Waals surface area contributed by atoms with E-state index in [0.717, 1.165) is 5.69 Å². The van der Waals surface area contributed by atoms with Crippen molar-refractivity contribution in [3.8, 4) is 23.1 Å². The van der Waals surface area contributed by atoms with Crippen molar-refractivity contribution in [3.05, 3.63) is 41.1 Å². The van der Waals surface area contributed by atoms with Crippen LogP contribution in [0.1, 0.15) is 0 Å². The molecule has 0 amide bonds. The number of hydrogen-bond donors (Lipinski definition) is 2. The highest BCUT2D eigenvalue weighted by atomic mass is 79.9. The average Bonchev–Trinajstić information content (AvgIpc) is 2.75. The molecule has 9 nitrogen and oxygen atoms in total. The summed E-state index contributed by atoms with van der Waals surface area (Å²) in [6.45, 7) is 0. The first kappa shape index (κ1) is 20.5. The Morgan fingerprint density at radius 3 is 2.07 bits per heavy atom. The first-order chi connectivity index (χ1) is 14.1. The molecule has 0 saturated carbocycles. The monoisotopic (exact) mass is 461 g/mol. The first-order valence-electron chi connectivity index (χ1n) is 8.44. The van der Waals surface area contributed by atoms with Gasteiger partial charge in [0.15, 0.2) is 11.5 Å². The Balaban J connectivity index is 1.86. The van der Waals surface area contributed by atoms with Crippen LogP contribution in [0.25, 0.3) is 0 Å². The highest BCUT2D eigenvalue weighted by Crippen LogP contribution is 2.40. The molecular formula is C19H20BrN5O4. The number of pyridine rings is 1. The molecule has 3 rings (SSSR count). The summed E-state index contributed by atoms with van der Waals surface area (Å²) in [5, 5.41) is 6.33. The van der Waals surface area contributed by atoms with Crippen LogP contribution in [-0.2, 0) is 0 Å². The third-order valence-electron chi connectivity index (χ3n) is 3.87. The van der Waals surface area contributed by atoms with Crippen LogP contribution in [0.4, 0.5) is 23.1 Å². The standard InChI is InChI=1S/C19H20BrN5O4/c1-26-14-7-12(8-15(27-2)17(14)29-4)24-19-22-10-13(20)18(25-19)23-11-5-6-16(28-3)21-9-11/h5-10H,1-4H3,(H2,22,23,24,25). The molecule has 0 atom stereocenters. The predicted octanol–water partition coefficient (Wildman–Crippen LogP) is 4.16. The van der Waals surface area contributed by atoms with Gasteiger partial charge in [-0.25, -0.2) is 9.97 Å². The summed E-state index contributed by atoms with van der Waals surface area (Å²) in [6, 6.07) is 7.14. The van der Waals surface area contributed by atoms with Gasteiger partial charge in [-0.2, -0.15) is 4.98 Å². The van der Waals surface area contributed by atoms with Crippen molar-refractivity contribution in [2.75, 3.05) is 39.1 Å².